The van der Waals surface area contributed by atoms with Gasteiger partial charge in [-0.15, -0.1) is 11.3 Å². The van der Waals surface area contributed by atoms with E-state index in [1.165, 1.54) is 0 Å². The van der Waals surface area contributed by atoms with Gasteiger partial charge < -0.3 is 4.74 Å². The average Bonchev–Trinajstić information content (AvgIpc) is 2.87. The fourth-order valence-electron chi connectivity index (χ4n) is 2.53. The molecule has 20 heavy (non-hydrogen) atoms. The SMILES string of the molecule is C[C@@H]1CN(Cc2csc(-c3ncccn3)n2)C[C@H](C)O1. The third-order valence-corrected chi connectivity index (χ3v) is 4.08. The van der Waals surface area contributed by atoms with E-state index in [2.05, 4.69) is 39.1 Å². The molecule has 0 aromatic carbocycles. The number of rotatable bonds is 3. The molecule has 0 unspecified atom stereocenters. The lowest BCUT2D eigenvalue weighted by molar-refractivity contribution is -0.0707. The highest BCUT2D eigenvalue weighted by molar-refractivity contribution is 7.13. The molecule has 0 saturated carbocycles. The first kappa shape index (κ1) is 13.6. The van der Waals surface area contributed by atoms with Crippen LogP contribution in [0.1, 0.15) is 19.5 Å². The monoisotopic (exact) mass is 290 g/mol. The van der Waals surface area contributed by atoms with E-state index in [0.29, 0.717) is 5.82 Å². The van der Waals surface area contributed by atoms with Crippen molar-refractivity contribution in [1.29, 1.82) is 0 Å². The van der Waals surface area contributed by atoms with Crippen molar-refractivity contribution in [2.75, 3.05) is 13.1 Å². The first-order chi connectivity index (χ1) is 9.70. The average molecular weight is 290 g/mol. The quantitative estimate of drug-likeness (QED) is 0.867. The molecule has 0 bridgehead atoms. The number of hydrogen-bond donors (Lipinski definition) is 0. The van der Waals surface area contributed by atoms with Crippen molar-refractivity contribution in [3.05, 3.63) is 29.5 Å². The van der Waals surface area contributed by atoms with Gasteiger partial charge in [-0.2, -0.15) is 0 Å². The Morgan fingerprint density at radius 1 is 1.25 bits per heavy atom. The van der Waals surface area contributed by atoms with Gasteiger partial charge in [0, 0.05) is 37.4 Å². The summed E-state index contributed by atoms with van der Waals surface area (Å²) in [7, 11) is 0. The first-order valence-electron chi connectivity index (χ1n) is 6.80. The maximum Gasteiger partial charge on any atom is 0.188 e. The van der Waals surface area contributed by atoms with E-state index < -0.39 is 0 Å². The molecule has 2 aromatic rings. The van der Waals surface area contributed by atoms with Crippen molar-refractivity contribution in [3.63, 3.8) is 0 Å². The number of morpholine rings is 1. The standard InChI is InChI=1S/C14H18N4OS/c1-10-6-18(7-11(2)19-10)8-12-9-20-14(17-12)13-15-4-3-5-16-13/h3-5,9-11H,6-8H2,1-2H3/t10-,11+. The summed E-state index contributed by atoms with van der Waals surface area (Å²) in [4.78, 5) is 15.5. The molecule has 1 aliphatic rings. The second-order valence-corrected chi connectivity index (χ2v) is 6.03. The molecule has 3 heterocycles. The lowest BCUT2D eigenvalue weighted by Crippen LogP contribution is -2.44. The summed E-state index contributed by atoms with van der Waals surface area (Å²) in [5.74, 6) is 0.701. The van der Waals surface area contributed by atoms with E-state index in [-0.39, 0.29) is 12.2 Å². The number of hydrogen-bond acceptors (Lipinski definition) is 6. The van der Waals surface area contributed by atoms with E-state index in [4.69, 9.17) is 4.74 Å². The van der Waals surface area contributed by atoms with Crippen LogP contribution < -0.4 is 0 Å². The van der Waals surface area contributed by atoms with Crippen LogP contribution in [0.5, 0.6) is 0 Å². The van der Waals surface area contributed by atoms with Crippen molar-refractivity contribution in [2.24, 2.45) is 0 Å². The third-order valence-electron chi connectivity index (χ3n) is 3.19. The maximum absolute atomic E-state index is 5.75. The van der Waals surface area contributed by atoms with Gasteiger partial charge in [-0.1, -0.05) is 0 Å². The summed E-state index contributed by atoms with van der Waals surface area (Å²) in [6, 6.07) is 1.81. The molecule has 6 heteroatoms. The summed E-state index contributed by atoms with van der Waals surface area (Å²) in [6.45, 7) is 7.01. The molecule has 106 valence electrons. The predicted octanol–water partition coefficient (Wildman–Crippen LogP) is 2.21. The van der Waals surface area contributed by atoms with Crippen molar-refractivity contribution in [3.8, 4) is 10.8 Å². The molecule has 2 aromatic heterocycles. The van der Waals surface area contributed by atoms with E-state index in [1.807, 2.05) is 6.07 Å². The maximum atomic E-state index is 5.75. The Kier molecular flexibility index (Phi) is 4.05. The van der Waals surface area contributed by atoms with Gasteiger partial charge in [0.05, 0.1) is 17.9 Å². The van der Waals surface area contributed by atoms with Crippen LogP contribution >= 0.6 is 11.3 Å². The Hall–Kier alpha value is -1.37. The molecule has 0 radical (unpaired) electrons. The minimum Gasteiger partial charge on any atom is -0.373 e. The van der Waals surface area contributed by atoms with Gasteiger partial charge in [0.15, 0.2) is 10.8 Å². The summed E-state index contributed by atoms with van der Waals surface area (Å²) in [5.41, 5.74) is 1.08. The molecular formula is C14H18N4OS. The Bertz CT molecular complexity index is 549. The molecule has 1 fully saturated rings. The van der Waals surface area contributed by atoms with Gasteiger partial charge in [-0.3, -0.25) is 4.90 Å². The van der Waals surface area contributed by atoms with Gasteiger partial charge in [0.2, 0.25) is 0 Å². The lowest BCUT2D eigenvalue weighted by Gasteiger charge is -2.34. The fourth-order valence-corrected chi connectivity index (χ4v) is 3.29. The second-order valence-electron chi connectivity index (χ2n) is 5.17. The van der Waals surface area contributed by atoms with Crippen molar-refractivity contribution < 1.29 is 4.74 Å². The second kappa shape index (κ2) is 5.95. The van der Waals surface area contributed by atoms with Crippen LogP contribution in [0.3, 0.4) is 0 Å². The Balaban J connectivity index is 1.68. The predicted molar refractivity (Wildman–Crippen MR) is 78.4 cm³/mol. The van der Waals surface area contributed by atoms with Crippen LogP contribution in [-0.4, -0.2) is 45.1 Å². The van der Waals surface area contributed by atoms with Gasteiger partial charge in [0.1, 0.15) is 0 Å². The van der Waals surface area contributed by atoms with Gasteiger partial charge >= 0.3 is 0 Å². The highest BCUT2D eigenvalue weighted by atomic mass is 32.1. The Morgan fingerprint density at radius 3 is 2.65 bits per heavy atom. The lowest BCUT2D eigenvalue weighted by atomic mass is 10.2. The van der Waals surface area contributed by atoms with Crippen LogP contribution in [-0.2, 0) is 11.3 Å². The van der Waals surface area contributed by atoms with Crippen LogP contribution in [0.2, 0.25) is 0 Å². The van der Waals surface area contributed by atoms with Crippen LogP contribution in [0.4, 0.5) is 0 Å². The molecule has 0 N–H and O–H groups in total. The zero-order chi connectivity index (χ0) is 13.9. The highest BCUT2D eigenvalue weighted by Gasteiger charge is 2.22. The molecule has 2 atom stereocenters. The molecule has 1 aliphatic heterocycles. The van der Waals surface area contributed by atoms with Crippen LogP contribution in [0, 0.1) is 0 Å². The van der Waals surface area contributed by atoms with Gasteiger partial charge in [-0.25, -0.2) is 15.0 Å². The van der Waals surface area contributed by atoms with E-state index in [9.17, 15) is 0 Å². The summed E-state index contributed by atoms with van der Waals surface area (Å²) < 4.78 is 5.75. The van der Waals surface area contributed by atoms with Crippen molar-refractivity contribution in [2.45, 2.75) is 32.6 Å². The molecule has 0 aliphatic carbocycles. The largest absolute Gasteiger partial charge is 0.373 e. The van der Waals surface area contributed by atoms with Crippen molar-refractivity contribution >= 4 is 11.3 Å². The summed E-state index contributed by atoms with van der Waals surface area (Å²) in [6.07, 6.45) is 4.06. The smallest absolute Gasteiger partial charge is 0.188 e. The third kappa shape index (κ3) is 3.20. The van der Waals surface area contributed by atoms with Crippen LogP contribution in [0.15, 0.2) is 23.8 Å². The molecule has 0 spiro atoms. The fraction of sp³-hybridized carbons (Fsp3) is 0.500. The number of thiazole rings is 1. The van der Waals surface area contributed by atoms with E-state index >= 15 is 0 Å². The summed E-state index contributed by atoms with van der Waals surface area (Å²) in [5, 5.41) is 2.98. The van der Waals surface area contributed by atoms with Gasteiger partial charge in [0.25, 0.3) is 0 Å². The van der Waals surface area contributed by atoms with Crippen LogP contribution in [0.25, 0.3) is 10.8 Å². The zero-order valence-corrected chi connectivity index (χ0v) is 12.5. The molecule has 1 saturated heterocycles. The van der Waals surface area contributed by atoms with E-state index in [1.54, 1.807) is 23.7 Å². The number of ether oxygens (including phenoxy) is 1. The number of nitrogens with zero attached hydrogens (tertiary/aromatic N) is 4. The first-order valence-corrected chi connectivity index (χ1v) is 7.68. The topological polar surface area (TPSA) is 51.1 Å². The minimum absolute atomic E-state index is 0.286. The Labute approximate surface area is 122 Å². The highest BCUT2D eigenvalue weighted by Crippen LogP contribution is 2.21. The normalized spacial score (nSPS) is 23.9. The van der Waals surface area contributed by atoms with Crippen molar-refractivity contribution in [1.82, 2.24) is 19.9 Å². The number of aromatic nitrogens is 3. The molecule has 3 rings (SSSR count). The van der Waals surface area contributed by atoms with E-state index in [0.717, 1.165) is 30.3 Å². The molecular weight excluding hydrogens is 272 g/mol. The van der Waals surface area contributed by atoms with Gasteiger partial charge in [-0.05, 0) is 19.9 Å². The minimum atomic E-state index is 0.286. The summed E-state index contributed by atoms with van der Waals surface area (Å²) >= 11 is 1.60. The molecule has 5 nitrogen and oxygen atoms in total. The molecule has 0 amide bonds. The Morgan fingerprint density at radius 2 is 1.95 bits per heavy atom. The zero-order valence-electron chi connectivity index (χ0n) is 11.7.